The molecule has 0 radical (unpaired) electrons. The molecule has 0 aliphatic carbocycles. The Bertz CT molecular complexity index is 1270. The van der Waals surface area contributed by atoms with Gasteiger partial charge in [-0.05, 0) is 57.2 Å². The average Bonchev–Trinajstić information content (AvgIpc) is 3.33. The lowest BCUT2D eigenvalue weighted by Gasteiger charge is -2.10. The van der Waals surface area contributed by atoms with Crippen molar-refractivity contribution in [1.82, 2.24) is 14.8 Å². The number of primary amides is 1. The number of amides is 1. The zero-order valence-electron chi connectivity index (χ0n) is 16.7. The molecule has 3 heterocycles. The van der Waals surface area contributed by atoms with Gasteiger partial charge in [0.25, 0.3) is 0 Å². The molecule has 1 amide bonds. The number of carbonyl (C=O) groups excluding carboxylic acids is 2. The molecule has 0 aliphatic heterocycles. The fourth-order valence-electron chi connectivity index (χ4n) is 3.14. The molecule has 0 bridgehead atoms. The first-order chi connectivity index (χ1) is 14.3. The number of benzene rings is 1. The SMILES string of the molecule is Cc1ccc(-c2cc(C(=O)Oc3cccc(C(N)=O)c3)c3cnn(C(C)C)c3n2)s1. The summed E-state index contributed by atoms with van der Waals surface area (Å²) in [6, 6.07) is 12.0. The molecule has 0 fully saturated rings. The summed E-state index contributed by atoms with van der Waals surface area (Å²) in [6.07, 6.45) is 1.63. The van der Waals surface area contributed by atoms with E-state index in [0.717, 1.165) is 9.75 Å². The molecular formula is C22H20N4O3S. The Morgan fingerprint density at radius 1 is 1.17 bits per heavy atom. The van der Waals surface area contributed by atoms with Gasteiger partial charge < -0.3 is 10.5 Å². The van der Waals surface area contributed by atoms with E-state index in [-0.39, 0.29) is 17.4 Å². The second-order valence-corrected chi connectivity index (χ2v) is 8.46. The highest BCUT2D eigenvalue weighted by atomic mass is 32.1. The van der Waals surface area contributed by atoms with Crippen LogP contribution < -0.4 is 10.5 Å². The predicted octanol–water partition coefficient (Wildman–Crippen LogP) is 4.37. The highest BCUT2D eigenvalue weighted by Gasteiger charge is 2.21. The van der Waals surface area contributed by atoms with Crippen molar-refractivity contribution >= 4 is 34.2 Å². The number of thiophene rings is 1. The number of aryl methyl sites for hydroxylation is 1. The lowest BCUT2D eigenvalue weighted by molar-refractivity contribution is 0.0735. The number of hydrogen-bond acceptors (Lipinski definition) is 6. The molecule has 1 aromatic carbocycles. The summed E-state index contributed by atoms with van der Waals surface area (Å²) in [5, 5.41) is 5.02. The Labute approximate surface area is 177 Å². The van der Waals surface area contributed by atoms with Crippen LogP contribution in [0.4, 0.5) is 0 Å². The molecule has 7 nitrogen and oxygen atoms in total. The maximum Gasteiger partial charge on any atom is 0.344 e. The van der Waals surface area contributed by atoms with E-state index in [1.807, 2.05) is 32.9 Å². The van der Waals surface area contributed by atoms with Gasteiger partial charge in [0.15, 0.2) is 5.65 Å². The van der Waals surface area contributed by atoms with E-state index in [1.165, 1.54) is 6.07 Å². The van der Waals surface area contributed by atoms with Crippen molar-refractivity contribution in [3.63, 3.8) is 0 Å². The van der Waals surface area contributed by atoms with Crippen LogP contribution in [0.15, 0.2) is 48.7 Å². The summed E-state index contributed by atoms with van der Waals surface area (Å²) in [5.74, 6) is -0.902. The van der Waals surface area contributed by atoms with Crippen LogP contribution in [0.25, 0.3) is 21.6 Å². The number of esters is 1. The lowest BCUT2D eigenvalue weighted by atomic mass is 10.1. The molecule has 3 aromatic heterocycles. The third-order valence-corrected chi connectivity index (χ3v) is 5.62. The predicted molar refractivity (Wildman–Crippen MR) is 116 cm³/mol. The number of pyridine rings is 1. The molecule has 30 heavy (non-hydrogen) atoms. The summed E-state index contributed by atoms with van der Waals surface area (Å²) < 4.78 is 7.34. The Balaban J connectivity index is 1.81. The highest BCUT2D eigenvalue weighted by Crippen LogP contribution is 2.31. The quantitative estimate of drug-likeness (QED) is 0.382. The van der Waals surface area contributed by atoms with Crippen LogP contribution in [0.1, 0.15) is 45.5 Å². The second kappa shape index (κ2) is 7.72. The van der Waals surface area contributed by atoms with Crippen molar-refractivity contribution in [3.8, 4) is 16.3 Å². The van der Waals surface area contributed by atoms with Crippen LogP contribution >= 0.6 is 11.3 Å². The minimum Gasteiger partial charge on any atom is -0.423 e. The molecule has 4 aromatic rings. The second-order valence-electron chi connectivity index (χ2n) is 7.17. The molecular weight excluding hydrogens is 400 g/mol. The van der Waals surface area contributed by atoms with Crippen LogP contribution in [-0.4, -0.2) is 26.6 Å². The fourth-order valence-corrected chi connectivity index (χ4v) is 3.97. The number of aromatic nitrogens is 3. The average molecular weight is 420 g/mol. The number of rotatable bonds is 5. The van der Waals surface area contributed by atoms with Gasteiger partial charge in [-0.1, -0.05) is 6.07 Å². The fraction of sp³-hybridized carbons (Fsp3) is 0.182. The molecule has 2 N–H and O–H groups in total. The van der Waals surface area contributed by atoms with Gasteiger partial charge >= 0.3 is 5.97 Å². The maximum absolute atomic E-state index is 13.1. The third kappa shape index (κ3) is 3.69. The van der Waals surface area contributed by atoms with Crippen molar-refractivity contribution in [1.29, 1.82) is 0 Å². The minimum atomic E-state index is -0.590. The van der Waals surface area contributed by atoms with Crippen molar-refractivity contribution in [2.24, 2.45) is 5.73 Å². The van der Waals surface area contributed by atoms with E-state index >= 15 is 0 Å². The number of nitrogens with two attached hydrogens (primary N) is 1. The Morgan fingerprint density at radius 2 is 1.97 bits per heavy atom. The summed E-state index contributed by atoms with van der Waals surface area (Å²) in [5.41, 5.74) is 7.24. The topological polar surface area (TPSA) is 100 Å². The van der Waals surface area contributed by atoms with Gasteiger partial charge in [0.2, 0.25) is 5.91 Å². The van der Waals surface area contributed by atoms with Crippen molar-refractivity contribution in [3.05, 3.63) is 64.7 Å². The normalized spacial score (nSPS) is 11.2. The van der Waals surface area contributed by atoms with Gasteiger partial charge in [0.05, 0.1) is 27.7 Å². The molecule has 0 saturated heterocycles. The van der Waals surface area contributed by atoms with Crippen molar-refractivity contribution in [2.75, 3.05) is 0 Å². The molecule has 0 unspecified atom stereocenters. The zero-order chi connectivity index (χ0) is 21.4. The van der Waals surface area contributed by atoms with Crippen LogP contribution in [0.3, 0.4) is 0 Å². The van der Waals surface area contributed by atoms with Gasteiger partial charge in [0.1, 0.15) is 5.75 Å². The van der Waals surface area contributed by atoms with E-state index in [1.54, 1.807) is 46.5 Å². The first-order valence-corrected chi connectivity index (χ1v) is 10.2. The van der Waals surface area contributed by atoms with Crippen LogP contribution in [0.5, 0.6) is 5.75 Å². The molecule has 0 aliphatic rings. The molecule has 0 spiro atoms. The first kappa shape index (κ1) is 19.8. The minimum absolute atomic E-state index is 0.0754. The van der Waals surface area contributed by atoms with Crippen LogP contribution in [0.2, 0.25) is 0 Å². The molecule has 4 rings (SSSR count). The monoisotopic (exact) mass is 420 g/mol. The number of nitrogens with zero attached hydrogens (tertiary/aromatic N) is 3. The molecule has 0 atom stereocenters. The van der Waals surface area contributed by atoms with Gasteiger partial charge in [-0.2, -0.15) is 5.10 Å². The summed E-state index contributed by atoms with van der Waals surface area (Å²) in [4.78, 5) is 31.4. The maximum atomic E-state index is 13.1. The Kier molecular flexibility index (Phi) is 5.09. The molecule has 8 heteroatoms. The van der Waals surface area contributed by atoms with Crippen molar-refractivity contribution in [2.45, 2.75) is 26.8 Å². The summed E-state index contributed by atoms with van der Waals surface area (Å²) >= 11 is 1.60. The molecule has 0 saturated carbocycles. The van der Waals surface area contributed by atoms with Gasteiger partial charge in [-0.15, -0.1) is 11.3 Å². The van der Waals surface area contributed by atoms with E-state index < -0.39 is 11.9 Å². The van der Waals surface area contributed by atoms with Gasteiger partial charge in [0, 0.05) is 16.5 Å². The van der Waals surface area contributed by atoms with E-state index in [0.29, 0.717) is 22.3 Å². The van der Waals surface area contributed by atoms with Gasteiger partial charge in [-0.25, -0.2) is 14.5 Å². The van der Waals surface area contributed by atoms with E-state index in [2.05, 4.69) is 5.10 Å². The van der Waals surface area contributed by atoms with Gasteiger partial charge in [-0.3, -0.25) is 4.79 Å². The van der Waals surface area contributed by atoms with Crippen LogP contribution in [-0.2, 0) is 0 Å². The number of fused-ring (bicyclic) bond motifs is 1. The zero-order valence-corrected chi connectivity index (χ0v) is 17.6. The van der Waals surface area contributed by atoms with E-state index in [4.69, 9.17) is 15.5 Å². The van der Waals surface area contributed by atoms with Crippen molar-refractivity contribution < 1.29 is 14.3 Å². The molecule has 152 valence electrons. The smallest absolute Gasteiger partial charge is 0.344 e. The third-order valence-electron chi connectivity index (χ3n) is 4.60. The standard InChI is InChI=1S/C22H20N4O3S/c1-12(2)26-21-17(11-24-26)16(10-18(25-21)19-8-7-13(3)30-19)22(28)29-15-6-4-5-14(9-15)20(23)27/h4-12H,1-3H3,(H2,23,27). The van der Waals surface area contributed by atoms with Crippen LogP contribution in [0, 0.1) is 6.92 Å². The largest absolute Gasteiger partial charge is 0.423 e. The summed E-state index contributed by atoms with van der Waals surface area (Å²) in [6.45, 7) is 6.03. The Hall–Kier alpha value is -3.52. The Morgan fingerprint density at radius 3 is 2.63 bits per heavy atom. The highest BCUT2D eigenvalue weighted by molar-refractivity contribution is 7.15. The number of ether oxygens (including phenoxy) is 1. The summed E-state index contributed by atoms with van der Waals surface area (Å²) in [7, 11) is 0. The number of carbonyl (C=O) groups is 2. The number of hydrogen-bond donors (Lipinski definition) is 1. The van der Waals surface area contributed by atoms with E-state index in [9.17, 15) is 9.59 Å². The first-order valence-electron chi connectivity index (χ1n) is 9.40. The lowest BCUT2D eigenvalue weighted by Crippen LogP contribution is -2.13.